The Morgan fingerprint density at radius 3 is 1.78 bits per heavy atom. The second-order valence-electron chi connectivity index (χ2n) is 3.44. The first kappa shape index (κ1) is 16.9. The summed E-state index contributed by atoms with van der Waals surface area (Å²) in [5, 5.41) is 8.83. The summed E-state index contributed by atoms with van der Waals surface area (Å²) in [6.07, 6.45) is 2.20. The quantitative estimate of drug-likeness (QED) is 0.272. The van der Waals surface area contributed by atoms with E-state index in [-0.39, 0.29) is 0 Å². The molecule has 0 unspecified atom stereocenters. The van der Waals surface area contributed by atoms with Gasteiger partial charge in [0.1, 0.15) is 0 Å². The van der Waals surface area contributed by atoms with Crippen molar-refractivity contribution < 1.29 is 9.90 Å². The zero-order valence-electron chi connectivity index (χ0n) is 9.03. The number of hydrogen-bond donors (Lipinski definition) is 1. The van der Waals surface area contributed by atoms with Gasteiger partial charge in [-0.3, -0.25) is 0 Å². The summed E-state index contributed by atoms with van der Waals surface area (Å²) in [7, 11) is 0. The Morgan fingerprint density at radius 1 is 1.00 bits per heavy atom. The molecule has 0 spiro atoms. The van der Waals surface area contributed by atoms with Crippen LogP contribution in [0, 0.1) is 0 Å². The maximum absolute atomic E-state index is 10.8. The normalized spacial score (nSPS) is 11.8. The molecule has 0 fully saturated rings. The third-order valence-corrected chi connectivity index (χ3v) is 8.51. The molecule has 2 nitrogen and oxygen atoms in total. The molecule has 1 aromatic carbocycles. The van der Waals surface area contributed by atoms with Crippen LogP contribution < -0.4 is 0 Å². The average Bonchev–Trinajstić information content (AvgIpc) is 2.33. The molecule has 0 radical (unpaired) electrons. The van der Waals surface area contributed by atoms with E-state index in [1.807, 2.05) is 0 Å². The minimum atomic E-state index is -0.905. The lowest BCUT2D eigenvalue weighted by Gasteiger charge is -2.12. The van der Waals surface area contributed by atoms with E-state index in [0.29, 0.717) is 12.0 Å². The van der Waals surface area contributed by atoms with Gasteiger partial charge in [-0.15, -0.1) is 0 Å². The summed E-state index contributed by atoms with van der Waals surface area (Å²) >= 11 is 17.4. The van der Waals surface area contributed by atoms with Crippen molar-refractivity contribution in [2.24, 2.45) is 0 Å². The SMILES string of the molecule is C/C(=C\Cc1c(Br)c(Br)c(Br)c(Br)c1Br)C(=O)O. The number of carboxylic acids is 1. The zero-order valence-corrected chi connectivity index (χ0v) is 17.0. The molecular formula is C11H7Br5O2. The maximum Gasteiger partial charge on any atom is 0.330 e. The summed E-state index contributed by atoms with van der Waals surface area (Å²) in [4.78, 5) is 10.8. The molecule has 18 heavy (non-hydrogen) atoms. The van der Waals surface area contributed by atoms with Gasteiger partial charge in [0.2, 0.25) is 0 Å². The van der Waals surface area contributed by atoms with E-state index in [1.165, 1.54) is 0 Å². The fourth-order valence-electron chi connectivity index (χ4n) is 1.17. The highest BCUT2D eigenvalue weighted by Crippen LogP contribution is 2.44. The van der Waals surface area contributed by atoms with Crippen molar-refractivity contribution in [1.82, 2.24) is 0 Å². The number of carboxylic acid groups (broad SMARTS) is 1. The van der Waals surface area contributed by atoms with Crippen LogP contribution in [0.2, 0.25) is 0 Å². The monoisotopic (exact) mass is 566 g/mol. The van der Waals surface area contributed by atoms with Crippen molar-refractivity contribution in [3.63, 3.8) is 0 Å². The smallest absolute Gasteiger partial charge is 0.330 e. The van der Waals surface area contributed by atoms with Gasteiger partial charge in [0.05, 0.1) is 0 Å². The molecule has 7 heteroatoms. The Hall–Kier alpha value is 0.830. The van der Waals surface area contributed by atoms with Crippen LogP contribution in [-0.2, 0) is 11.2 Å². The summed E-state index contributed by atoms with van der Waals surface area (Å²) in [6, 6.07) is 0. The number of benzene rings is 1. The molecule has 0 aliphatic rings. The maximum atomic E-state index is 10.8. The van der Waals surface area contributed by atoms with Gasteiger partial charge in [0.15, 0.2) is 0 Å². The molecule has 98 valence electrons. The summed E-state index contributed by atoms with van der Waals surface area (Å²) < 4.78 is 4.43. The fraction of sp³-hybridized carbons (Fsp3) is 0.182. The van der Waals surface area contributed by atoms with Crippen LogP contribution in [0.15, 0.2) is 34.0 Å². The van der Waals surface area contributed by atoms with Crippen LogP contribution in [0.5, 0.6) is 0 Å². The highest BCUT2D eigenvalue weighted by molar-refractivity contribution is 9.15. The van der Waals surface area contributed by atoms with Crippen LogP contribution in [0.1, 0.15) is 12.5 Å². The predicted octanol–water partition coefficient (Wildman–Crippen LogP) is 6.07. The van der Waals surface area contributed by atoms with Gasteiger partial charge in [-0.05, 0) is 98.6 Å². The van der Waals surface area contributed by atoms with Crippen molar-refractivity contribution in [3.05, 3.63) is 39.6 Å². The third-order valence-electron chi connectivity index (χ3n) is 2.25. The molecule has 0 bridgehead atoms. The van der Waals surface area contributed by atoms with Gasteiger partial charge in [-0.25, -0.2) is 4.79 Å². The topological polar surface area (TPSA) is 37.3 Å². The molecular weight excluding hydrogens is 564 g/mol. The van der Waals surface area contributed by atoms with Crippen LogP contribution >= 0.6 is 79.6 Å². The number of allylic oxidation sites excluding steroid dienone is 1. The van der Waals surface area contributed by atoms with Crippen molar-refractivity contribution in [1.29, 1.82) is 0 Å². The van der Waals surface area contributed by atoms with Crippen molar-refractivity contribution in [2.45, 2.75) is 13.3 Å². The fourth-order valence-corrected chi connectivity index (χ4v) is 4.62. The molecule has 0 aliphatic heterocycles. The predicted molar refractivity (Wildman–Crippen MR) is 90.0 cm³/mol. The number of carbonyl (C=O) groups is 1. The van der Waals surface area contributed by atoms with Crippen molar-refractivity contribution in [3.8, 4) is 0 Å². The lowest BCUT2D eigenvalue weighted by atomic mass is 10.1. The molecule has 0 aliphatic carbocycles. The standard InChI is InChI=1S/C11H7Br5O2/c1-4(11(17)18)2-3-5-6(12)8(14)10(16)9(15)7(5)13/h2H,3H2,1H3,(H,17,18)/b4-2+. The summed E-state index contributed by atoms with van der Waals surface area (Å²) in [5.74, 6) is -0.905. The molecule has 0 saturated carbocycles. The van der Waals surface area contributed by atoms with Gasteiger partial charge >= 0.3 is 5.97 Å². The molecule has 0 atom stereocenters. The molecule has 1 N–H and O–H groups in total. The second-order valence-corrected chi connectivity index (χ2v) is 7.41. The zero-order chi connectivity index (χ0) is 14.0. The van der Waals surface area contributed by atoms with Gasteiger partial charge < -0.3 is 5.11 Å². The largest absolute Gasteiger partial charge is 0.478 e. The average molecular weight is 571 g/mol. The highest BCUT2D eigenvalue weighted by atomic mass is 79.9. The lowest BCUT2D eigenvalue weighted by Crippen LogP contribution is -1.98. The van der Waals surface area contributed by atoms with Crippen LogP contribution in [0.25, 0.3) is 0 Å². The molecule has 1 rings (SSSR count). The Balaban J connectivity index is 3.27. The van der Waals surface area contributed by atoms with E-state index in [1.54, 1.807) is 13.0 Å². The van der Waals surface area contributed by atoms with Gasteiger partial charge in [-0.1, -0.05) is 6.08 Å². The Bertz CT molecular complexity index is 508. The Labute approximate surface area is 147 Å². The molecule has 0 aromatic heterocycles. The molecule has 0 amide bonds. The molecule has 0 saturated heterocycles. The first-order chi connectivity index (χ1) is 8.27. The minimum absolute atomic E-state index is 0.323. The van der Waals surface area contributed by atoms with Crippen LogP contribution in [-0.4, -0.2) is 11.1 Å². The Morgan fingerprint density at radius 2 is 1.39 bits per heavy atom. The van der Waals surface area contributed by atoms with E-state index in [2.05, 4.69) is 79.6 Å². The van der Waals surface area contributed by atoms with E-state index < -0.39 is 5.97 Å². The first-order valence-corrected chi connectivity index (χ1v) is 8.64. The second kappa shape index (κ2) is 7.02. The van der Waals surface area contributed by atoms with Crippen LogP contribution in [0.3, 0.4) is 0 Å². The molecule has 1 aromatic rings. The molecule has 0 heterocycles. The van der Waals surface area contributed by atoms with Crippen molar-refractivity contribution in [2.75, 3.05) is 0 Å². The third kappa shape index (κ3) is 3.69. The van der Waals surface area contributed by atoms with Gasteiger partial charge in [0.25, 0.3) is 0 Å². The van der Waals surface area contributed by atoms with E-state index in [0.717, 1.165) is 27.9 Å². The first-order valence-electron chi connectivity index (χ1n) is 4.67. The highest BCUT2D eigenvalue weighted by Gasteiger charge is 2.16. The van der Waals surface area contributed by atoms with E-state index >= 15 is 0 Å². The lowest BCUT2D eigenvalue weighted by molar-refractivity contribution is -0.132. The van der Waals surface area contributed by atoms with Crippen molar-refractivity contribution >= 4 is 85.6 Å². The van der Waals surface area contributed by atoms with Gasteiger partial charge in [-0.2, -0.15) is 0 Å². The van der Waals surface area contributed by atoms with Crippen LogP contribution in [0.4, 0.5) is 0 Å². The summed E-state index contributed by atoms with van der Waals surface area (Å²) in [5.41, 5.74) is 1.29. The number of hydrogen-bond acceptors (Lipinski definition) is 1. The summed E-state index contributed by atoms with van der Waals surface area (Å²) in [6.45, 7) is 1.58. The number of rotatable bonds is 3. The number of halogens is 5. The van der Waals surface area contributed by atoms with E-state index in [4.69, 9.17) is 5.11 Å². The Kier molecular flexibility index (Phi) is 6.58. The van der Waals surface area contributed by atoms with E-state index in [9.17, 15) is 4.79 Å². The number of aliphatic carboxylic acids is 1. The van der Waals surface area contributed by atoms with Gasteiger partial charge in [0, 0.05) is 27.9 Å². The minimum Gasteiger partial charge on any atom is -0.478 e.